The first kappa shape index (κ1) is 29.2. The molecule has 0 aliphatic rings. The second kappa shape index (κ2) is 13.2. The zero-order valence-corrected chi connectivity index (χ0v) is 9.35. The van der Waals surface area contributed by atoms with Crippen molar-refractivity contribution in [3.63, 3.8) is 0 Å². The van der Waals surface area contributed by atoms with Crippen molar-refractivity contribution in [1.29, 1.82) is 0 Å². The molecule has 86 valence electrons. The molecule has 0 aromatic carbocycles. The quantitative estimate of drug-likeness (QED) is 0.109. The van der Waals surface area contributed by atoms with Gasteiger partial charge < -0.3 is 19.8 Å². The Hall–Kier alpha value is 0.152. The van der Waals surface area contributed by atoms with Gasteiger partial charge in [0.05, 0.1) is 0 Å². The van der Waals surface area contributed by atoms with Crippen LogP contribution in [-0.4, -0.2) is 52.4 Å². The van der Waals surface area contributed by atoms with E-state index in [0.29, 0.717) is 0 Å². The number of hydrogen-bond donors (Lipinski definition) is 4. The van der Waals surface area contributed by atoms with Crippen molar-refractivity contribution >= 4 is 38.2 Å². The van der Waals surface area contributed by atoms with Gasteiger partial charge in [0.15, 0.2) is 0 Å². The minimum absolute atomic E-state index is 0. The van der Waals surface area contributed by atoms with Crippen LogP contribution in [0, 0.1) is 0 Å². The number of rotatable bonds is 0. The fourth-order valence-corrected chi connectivity index (χ4v) is 0. The Morgan fingerprint density at radius 3 is 0.929 bits per heavy atom. The summed E-state index contributed by atoms with van der Waals surface area (Å²) in [7, 11) is -10.1. The molecule has 0 heterocycles. The Labute approximate surface area is 91.3 Å². The van der Waals surface area contributed by atoms with Crippen LogP contribution in [0.1, 0.15) is 0 Å². The Kier molecular flexibility index (Phi) is 27.5. The predicted molar refractivity (Wildman–Crippen MR) is 42.0 cm³/mol. The Balaban J connectivity index is -0.0000000292. The van der Waals surface area contributed by atoms with Crippen LogP contribution in [-0.2, 0) is 20.8 Å². The van der Waals surface area contributed by atoms with E-state index in [4.69, 9.17) is 35.0 Å². The summed E-state index contributed by atoms with van der Waals surface area (Å²) >= 11 is 0. The molecule has 0 aromatic heterocycles. The van der Waals surface area contributed by atoms with Crippen LogP contribution in [0.15, 0.2) is 0 Å². The van der Waals surface area contributed by atoms with E-state index in [2.05, 4.69) is 11.7 Å². The Bertz CT molecular complexity index is 219. The molecule has 0 spiro atoms. The van der Waals surface area contributed by atoms with Crippen LogP contribution in [0.3, 0.4) is 0 Å². The first-order valence-corrected chi connectivity index (χ1v) is 4.38. The molecule has 0 bridgehead atoms. The van der Waals surface area contributed by atoms with Gasteiger partial charge in [0.25, 0.3) is 0 Å². The topological polar surface area (TPSA) is 245 Å². The molecular formula is H8AlN3O8S2. The second-order valence-corrected chi connectivity index (χ2v) is 2.51. The van der Waals surface area contributed by atoms with Crippen LogP contribution in [0.5, 0.6) is 0 Å². The molecule has 8 N–H and O–H groups in total. The summed E-state index contributed by atoms with van der Waals surface area (Å²) in [5.74, 6) is 8.00. The SMILES string of the molecule is N.NN.O=S(=O)([O-])O.O=S(=O)([O-])[O-].[Al+3]. The first-order chi connectivity index (χ1) is 5.00. The molecular weight excluding hydrogens is 261 g/mol. The van der Waals surface area contributed by atoms with Gasteiger partial charge in [-0.05, 0) is 0 Å². The van der Waals surface area contributed by atoms with E-state index in [1.165, 1.54) is 0 Å². The van der Waals surface area contributed by atoms with Gasteiger partial charge in [-0.1, -0.05) is 0 Å². The van der Waals surface area contributed by atoms with Gasteiger partial charge in [0, 0.05) is 10.4 Å². The monoisotopic (exact) mass is 269 g/mol. The maximum atomic E-state index is 8.63. The molecule has 14 heteroatoms. The van der Waals surface area contributed by atoms with E-state index in [0.717, 1.165) is 0 Å². The predicted octanol–water partition coefficient (Wildman–Crippen LogP) is -3.73. The molecule has 0 atom stereocenters. The first-order valence-electron chi connectivity index (χ1n) is 1.68. The summed E-state index contributed by atoms with van der Waals surface area (Å²) in [4.78, 5) is 0. The minimum atomic E-state index is -5.17. The molecule has 0 radical (unpaired) electrons. The molecule has 11 nitrogen and oxygen atoms in total. The van der Waals surface area contributed by atoms with Crippen molar-refractivity contribution in [3.05, 3.63) is 0 Å². The fraction of sp³-hybridized carbons (Fsp3) is 0. The van der Waals surface area contributed by atoms with Gasteiger partial charge in [-0.25, -0.2) is 8.42 Å². The van der Waals surface area contributed by atoms with Crippen molar-refractivity contribution in [1.82, 2.24) is 6.15 Å². The molecule has 0 aliphatic carbocycles. The zero-order chi connectivity index (χ0) is 11.0. The zero-order valence-electron chi connectivity index (χ0n) is 6.56. The smallest absolute Gasteiger partial charge is 0.759 e. The van der Waals surface area contributed by atoms with Crippen LogP contribution in [0.25, 0.3) is 0 Å². The summed E-state index contributed by atoms with van der Waals surface area (Å²) in [6.07, 6.45) is 0. The maximum Gasteiger partial charge on any atom is 3.00 e. The number of hydrogen-bond acceptors (Lipinski definition) is 10. The molecule has 0 fully saturated rings. The van der Waals surface area contributed by atoms with Gasteiger partial charge in [0.1, 0.15) is 0 Å². The molecule has 0 rings (SSSR count). The van der Waals surface area contributed by atoms with Crippen molar-refractivity contribution in [2.45, 2.75) is 0 Å². The molecule has 0 aromatic rings. The summed E-state index contributed by atoms with van der Waals surface area (Å²) in [6.45, 7) is 0. The fourth-order valence-electron chi connectivity index (χ4n) is 0. The number of nitrogens with two attached hydrogens (primary N) is 2. The molecule has 0 saturated heterocycles. The molecule has 14 heavy (non-hydrogen) atoms. The van der Waals surface area contributed by atoms with E-state index in [1.807, 2.05) is 0 Å². The largest absolute Gasteiger partial charge is 3.00 e. The average Bonchev–Trinajstić information content (AvgIpc) is 1.59. The third-order valence-electron chi connectivity index (χ3n) is 0. The summed E-state index contributed by atoms with van der Waals surface area (Å²) in [6, 6.07) is 0. The molecule has 0 unspecified atom stereocenters. The van der Waals surface area contributed by atoms with Crippen molar-refractivity contribution in [2.24, 2.45) is 11.7 Å². The van der Waals surface area contributed by atoms with Crippen molar-refractivity contribution in [2.75, 3.05) is 0 Å². The molecule has 0 aliphatic heterocycles. The van der Waals surface area contributed by atoms with E-state index in [1.54, 1.807) is 0 Å². The summed E-state index contributed by atoms with van der Waals surface area (Å²) in [5.41, 5.74) is 0. The minimum Gasteiger partial charge on any atom is -0.759 e. The van der Waals surface area contributed by atoms with Crippen LogP contribution in [0.2, 0.25) is 0 Å². The van der Waals surface area contributed by atoms with Gasteiger partial charge in [-0.15, -0.1) is 0 Å². The number of hydrazine groups is 1. The second-order valence-electron chi connectivity index (χ2n) is 0.836. The van der Waals surface area contributed by atoms with Crippen molar-refractivity contribution in [3.8, 4) is 0 Å². The van der Waals surface area contributed by atoms with E-state index >= 15 is 0 Å². The normalized spacial score (nSPS) is 8.71. The van der Waals surface area contributed by atoms with E-state index in [9.17, 15) is 0 Å². The molecule has 0 saturated carbocycles. The Morgan fingerprint density at radius 2 is 0.929 bits per heavy atom. The van der Waals surface area contributed by atoms with E-state index < -0.39 is 20.8 Å². The molecule has 0 amide bonds. The van der Waals surface area contributed by atoms with Crippen LogP contribution in [0.4, 0.5) is 0 Å². The average molecular weight is 269 g/mol. The standard InChI is InChI=1S/Al.H4N2.H3N.2H2O4S/c;1-2;;2*1-5(2,3)4/h;1-2H2;1H3;2*(H2,1,2,3,4)/q+3;;;;/p-3. The van der Waals surface area contributed by atoms with Gasteiger partial charge in [0.2, 0.25) is 10.4 Å². The van der Waals surface area contributed by atoms with Crippen LogP contribution < -0.4 is 17.8 Å². The summed E-state index contributed by atoms with van der Waals surface area (Å²) in [5, 5.41) is 0. The summed E-state index contributed by atoms with van der Waals surface area (Å²) < 4.78 is 66.9. The van der Waals surface area contributed by atoms with Crippen molar-refractivity contribution < 1.29 is 35.0 Å². The van der Waals surface area contributed by atoms with Gasteiger partial charge in [-0.2, -0.15) is 0 Å². The maximum absolute atomic E-state index is 8.63. The van der Waals surface area contributed by atoms with Gasteiger partial charge in [-0.3, -0.25) is 24.7 Å². The van der Waals surface area contributed by atoms with Crippen LogP contribution >= 0.6 is 0 Å². The van der Waals surface area contributed by atoms with E-state index in [-0.39, 0.29) is 23.5 Å². The third kappa shape index (κ3) is 65000. The third-order valence-corrected chi connectivity index (χ3v) is 0. The van der Waals surface area contributed by atoms with Gasteiger partial charge >= 0.3 is 17.4 Å². The Morgan fingerprint density at radius 1 is 0.929 bits per heavy atom.